The van der Waals surface area contributed by atoms with Crippen LogP contribution in [0.1, 0.15) is 48.7 Å². The van der Waals surface area contributed by atoms with Gasteiger partial charge in [0.15, 0.2) is 9.84 Å². The first kappa shape index (κ1) is 23.6. The number of halogens is 2. The number of benzene rings is 2. The number of hydrogen-bond acceptors (Lipinski definition) is 4. The summed E-state index contributed by atoms with van der Waals surface area (Å²) >= 11 is 12.0. The number of rotatable bonds is 6. The summed E-state index contributed by atoms with van der Waals surface area (Å²) in [5.74, 6) is -0.757. The van der Waals surface area contributed by atoms with Crippen molar-refractivity contribution in [3.63, 3.8) is 0 Å². The molecule has 31 heavy (non-hydrogen) atoms. The topological polar surface area (TPSA) is 92.3 Å². The Labute approximate surface area is 192 Å². The minimum atomic E-state index is -3.36. The predicted octanol–water partition coefficient (Wildman–Crippen LogP) is 4.17. The minimum Gasteiger partial charge on any atom is -0.347 e. The van der Waals surface area contributed by atoms with Gasteiger partial charge in [0.2, 0.25) is 5.91 Å². The van der Waals surface area contributed by atoms with Crippen molar-refractivity contribution in [3.8, 4) is 0 Å². The quantitative estimate of drug-likeness (QED) is 0.645. The van der Waals surface area contributed by atoms with Crippen molar-refractivity contribution in [2.45, 2.75) is 43.7 Å². The third-order valence-electron chi connectivity index (χ3n) is 5.13. The van der Waals surface area contributed by atoms with Gasteiger partial charge in [0.1, 0.15) is 6.04 Å². The van der Waals surface area contributed by atoms with E-state index in [0.717, 1.165) is 0 Å². The van der Waals surface area contributed by atoms with Gasteiger partial charge in [-0.15, -0.1) is 0 Å². The first-order valence-corrected chi connectivity index (χ1v) is 12.4. The van der Waals surface area contributed by atoms with Crippen LogP contribution >= 0.6 is 23.2 Å². The van der Waals surface area contributed by atoms with E-state index in [1.54, 1.807) is 30.3 Å². The average molecular weight is 483 g/mol. The third kappa shape index (κ3) is 5.59. The van der Waals surface area contributed by atoms with E-state index in [2.05, 4.69) is 10.6 Å². The fourth-order valence-electron chi connectivity index (χ4n) is 3.62. The maximum atomic E-state index is 13.1. The number of fused-ring (bicyclic) bond motifs is 1. The van der Waals surface area contributed by atoms with Crippen LogP contribution in [0, 0.1) is 5.92 Å². The molecule has 0 bridgehead atoms. The molecular weight excluding hydrogens is 459 g/mol. The lowest BCUT2D eigenvalue weighted by molar-refractivity contribution is -0.124. The van der Waals surface area contributed by atoms with E-state index >= 15 is 0 Å². The van der Waals surface area contributed by atoms with Crippen molar-refractivity contribution in [1.82, 2.24) is 10.6 Å². The maximum Gasteiger partial charge on any atom is 0.253 e. The molecule has 0 saturated heterocycles. The van der Waals surface area contributed by atoms with Gasteiger partial charge in [-0.3, -0.25) is 9.59 Å². The summed E-state index contributed by atoms with van der Waals surface area (Å²) < 4.78 is 24.7. The zero-order valence-electron chi connectivity index (χ0n) is 17.2. The second-order valence-corrected chi connectivity index (χ2v) is 10.9. The SMILES string of the molecule is CC(C)CC(NC(=O)c1ccc(Cl)cc1Cl)C(=O)NC1CCS(=O)(=O)c2ccccc21. The lowest BCUT2D eigenvalue weighted by atomic mass is 10.00. The van der Waals surface area contributed by atoms with Gasteiger partial charge in [0, 0.05) is 5.02 Å². The third-order valence-corrected chi connectivity index (χ3v) is 7.49. The fraction of sp³-hybridized carbons (Fsp3) is 0.364. The van der Waals surface area contributed by atoms with Crippen molar-refractivity contribution in [2.75, 3.05) is 5.75 Å². The van der Waals surface area contributed by atoms with Crippen LogP contribution in [0.4, 0.5) is 0 Å². The number of sulfone groups is 1. The Bertz CT molecular complexity index is 1100. The highest BCUT2D eigenvalue weighted by molar-refractivity contribution is 7.91. The number of carbonyl (C=O) groups excluding carboxylic acids is 2. The molecule has 2 N–H and O–H groups in total. The molecule has 2 amide bonds. The molecule has 1 aliphatic rings. The Balaban J connectivity index is 1.80. The van der Waals surface area contributed by atoms with Gasteiger partial charge in [0.25, 0.3) is 5.91 Å². The van der Waals surface area contributed by atoms with Crippen LogP contribution in [0.3, 0.4) is 0 Å². The van der Waals surface area contributed by atoms with Crippen molar-refractivity contribution in [3.05, 3.63) is 63.6 Å². The summed E-state index contributed by atoms with van der Waals surface area (Å²) in [5, 5.41) is 6.29. The number of amides is 2. The molecule has 1 aliphatic heterocycles. The summed E-state index contributed by atoms with van der Waals surface area (Å²) in [6, 6.07) is 9.95. The fourth-order valence-corrected chi connectivity index (χ4v) is 5.74. The van der Waals surface area contributed by atoms with E-state index < -0.39 is 27.8 Å². The number of carbonyl (C=O) groups is 2. The zero-order valence-corrected chi connectivity index (χ0v) is 19.5. The number of nitrogens with one attached hydrogen (secondary N) is 2. The van der Waals surface area contributed by atoms with Gasteiger partial charge in [-0.05, 0) is 48.6 Å². The Morgan fingerprint density at radius 3 is 2.52 bits per heavy atom. The first-order valence-electron chi connectivity index (χ1n) is 9.96. The lowest BCUT2D eigenvalue weighted by Gasteiger charge is -2.28. The molecule has 0 spiro atoms. The van der Waals surface area contributed by atoms with Crippen molar-refractivity contribution >= 4 is 44.9 Å². The monoisotopic (exact) mass is 482 g/mol. The highest BCUT2D eigenvalue weighted by atomic mass is 35.5. The molecule has 2 atom stereocenters. The standard InChI is InChI=1S/C22H24Cl2N2O4S/c1-13(2)11-19(26-21(27)15-8-7-14(23)12-17(15)24)22(28)25-18-9-10-31(29,30)20-6-4-3-5-16(18)20/h3-8,12-13,18-19H,9-11H2,1-2H3,(H,25,28)(H,26,27). The molecule has 2 aromatic rings. The van der Waals surface area contributed by atoms with Gasteiger partial charge in [-0.2, -0.15) is 0 Å². The molecule has 166 valence electrons. The van der Waals surface area contributed by atoms with Crippen molar-refractivity contribution in [2.24, 2.45) is 5.92 Å². The predicted molar refractivity (Wildman–Crippen MR) is 121 cm³/mol. The Kier molecular flexibility index (Phi) is 7.29. The summed E-state index contributed by atoms with van der Waals surface area (Å²) in [5.41, 5.74) is 0.791. The zero-order chi connectivity index (χ0) is 22.8. The van der Waals surface area contributed by atoms with Crippen molar-refractivity contribution < 1.29 is 18.0 Å². The minimum absolute atomic E-state index is 0.0451. The van der Waals surface area contributed by atoms with Crippen LogP contribution in [-0.2, 0) is 14.6 Å². The highest BCUT2D eigenvalue weighted by Crippen LogP contribution is 2.32. The molecule has 0 aliphatic carbocycles. The molecule has 0 aromatic heterocycles. The van der Waals surface area contributed by atoms with Gasteiger partial charge < -0.3 is 10.6 Å². The van der Waals surface area contributed by atoms with Crippen LogP contribution in [-0.4, -0.2) is 32.0 Å². The summed E-state index contributed by atoms with van der Waals surface area (Å²) in [6.45, 7) is 3.90. The maximum absolute atomic E-state index is 13.1. The van der Waals surface area contributed by atoms with Gasteiger partial charge in [-0.25, -0.2) is 8.42 Å². The highest BCUT2D eigenvalue weighted by Gasteiger charge is 2.33. The van der Waals surface area contributed by atoms with Crippen LogP contribution in [0.25, 0.3) is 0 Å². The molecule has 6 nitrogen and oxygen atoms in total. The molecule has 2 aromatic carbocycles. The molecule has 3 rings (SSSR count). The van der Waals surface area contributed by atoms with E-state index in [-0.39, 0.29) is 39.5 Å². The molecule has 2 unspecified atom stereocenters. The van der Waals surface area contributed by atoms with E-state index in [1.165, 1.54) is 12.1 Å². The van der Waals surface area contributed by atoms with Crippen LogP contribution in [0.2, 0.25) is 10.0 Å². The van der Waals surface area contributed by atoms with Crippen molar-refractivity contribution in [1.29, 1.82) is 0 Å². The molecule has 0 radical (unpaired) electrons. The molecule has 0 fully saturated rings. The second-order valence-electron chi connectivity index (χ2n) is 7.99. The number of hydrogen-bond donors (Lipinski definition) is 2. The van der Waals surface area contributed by atoms with Crippen LogP contribution < -0.4 is 10.6 Å². The molecule has 9 heteroatoms. The normalized spacial score (nSPS) is 18.2. The smallest absolute Gasteiger partial charge is 0.253 e. The summed E-state index contributed by atoms with van der Waals surface area (Å²) in [7, 11) is -3.36. The van der Waals surface area contributed by atoms with Gasteiger partial charge in [0.05, 0.1) is 27.3 Å². The van der Waals surface area contributed by atoms with Crippen LogP contribution in [0.5, 0.6) is 0 Å². The largest absolute Gasteiger partial charge is 0.347 e. The Hall–Kier alpha value is -2.09. The van der Waals surface area contributed by atoms with Gasteiger partial charge >= 0.3 is 0 Å². The Morgan fingerprint density at radius 2 is 1.84 bits per heavy atom. The Morgan fingerprint density at radius 1 is 1.13 bits per heavy atom. The molecule has 1 heterocycles. The van der Waals surface area contributed by atoms with Crippen LogP contribution in [0.15, 0.2) is 47.4 Å². The van der Waals surface area contributed by atoms with E-state index in [9.17, 15) is 18.0 Å². The average Bonchev–Trinajstić information content (AvgIpc) is 2.69. The molecule has 0 saturated carbocycles. The first-order chi connectivity index (χ1) is 14.6. The summed E-state index contributed by atoms with van der Waals surface area (Å²) in [6.07, 6.45) is 0.686. The van der Waals surface area contributed by atoms with Gasteiger partial charge in [-0.1, -0.05) is 55.2 Å². The second kappa shape index (κ2) is 9.59. The lowest BCUT2D eigenvalue weighted by Crippen LogP contribution is -2.49. The summed E-state index contributed by atoms with van der Waals surface area (Å²) in [4.78, 5) is 26.1. The van der Waals surface area contributed by atoms with E-state index in [0.29, 0.717) is 17.0 Å². The van der Waals surface area contributed by atoms with E-state index in [1.807, 2.05) is 13.8 Å². The van der Waals surface area contributed by atoms with E-state index in [4.69, 9.17) is 23.2 Å². The molecular formula is C22H24Cl2N2O4S.